The van der Waals surface area contributed by atoms with E-state index in [9.17, 15) is 0 Å². The molecule has 3 heteroatoms. The van der Waals surface area contributed by atoms with Gasteiger partial charge in [-0.25, -0.2) is 0 Å². The van der Waals surface area contributed by atoms with E-state index in [2.05, 4.69) is 70.0 Å². The molecule has 1 aromatic carbocycles. The van der Waals surface area contributed by atoms with E-state index in [0.717, 1.165) is 21.6 Å². The molecule has 0 N–H and O–H groups in total. The van der Waals surface area contributed by atoms with E-state index in [1.54, 1.807) is 0 Å². The van der Waals surface area contributed by atoms with Gasteiger partial charge in [-0.15, -0.1) is 11.8 Å². The fourth-order valence-corrected chi connectivity index (χ4v) is 4.30. The molecule has 15 heavy (non-hydrogen) atoms. The van der Waals surface area contributed by atoms with Crippen molar-refractivity contribution >= 4 is 43.6 Å². The number of halogens is 2. The Morgan fingerprint density at radius 3 is 2.60 bits per heavy atom. The van der Waals surface area contributed by atoms with Gasteiger partial charge in [0, 0.05) is 20.5 Å². The SMILES string of the molecule is CC(C)C(CBr)CSc1cccc(Br)c1. The molecule has 0 radical (unpaired) electrons. The van der Waals surface area contributed by atoms with E-state index >= 15 is 0 Å². The highest BCUT2D eigenvalue weighted by Gasteiger charge is 2.11. The summed E-state index contributed by atoms with van der Waals surface area (Å²) >= 11 is 9.01. The van der Waals surface area contributed by atoms with Crippen molar-refractivity contribution in [2.45, 2.75) is 18.7 Å². The van der Waals surface area contributed by atoms with E-state index in [0.29, 0.717) is 0 Å². The maximum Gasteiger partial charge on any atom is 0.0186 e. The topological polar surface area (TPSA) is 0 Å². The number of rotatable bonds is 5. The van der Waals surface area contributed by atoms with Crippen molar-refractivity contribution in [1.82, 2.24) is 0 Å². The van der Waals surface area contributed by atoms with E-state index in [4.69, 9.17) is 0 Å². The van der Waals surface area contributed by atoms with E-state index in [-0.39, 0.29) is 0 Å². The highest BCUT2D eigenvalue weighted by Crippen LogP contribution is 2.27. The summed E-state index contributed by atoms with van der Waals surface area (Å²) in [5.41, 5.74) is 0. The predicted molar refractivity (Wildman–Crippen MR) is 77.0 cm³/mol. The third-order valence-electron chi connectivity index (χ3n) is 2.40. The number of hydrogen-bond acceptors (Lipinski definition) is 1. The lowest BCUT2D eigenvalue weighted by molar-refractivity contribution is 0.474. The molecule has 0 fully saturated rings. The quantitative estimate of drug-likeness (QED) is 0.518. The van der Waals surface area contributed by atoms with Gasteiger partial charge in [0.05, 0.1) is 0 Å². The lowest BCUT2D eigenvalue weighted by Crippen LogP contribution is -2.12. The van der Waals surface area contributed by atoms with Crippen molar-refractivity contribution in [3.8, 4) is 0 Å². The Morgan fingerprint density at radius 2 is 2.07 bits per heavy atom. The lowest BCUT2D eigenvalue weighted by Gasteiger charge is -2.17. The van der Waals surface area contributed by atoms with Crippen LogP contribution in [0.2, 0.25) is 0 Å². The molecule has 1 atom stereocenters. The fourth-order valence-electron chi connectivity index (χ4n) is 1.18. The minimum atomic E-state index is 0.740. The van der Waals surface area contributed by atoms with Crippen LogP contribution in [0.1, 0.15) is 13.8 Å². The Morgan fingerprint density at radius 1 is 1.33 bits per heavy atom. The summed E-state index contributed by atoms with van der Waals surface area (Å²) in [5.74, 6) is 2.66. The summed E-state index contributed by atoms with van der Waals surface area (Å²) in [5, 5.41) is 1.09. The molecule has 0 aliphatic heterocycles. The second-order valence-electron chi connectivity index (χ2n) is 3.93. The first-order valence-corrected chi connectivity index (χ1v) is 7.98. The van der Waals surface area contributed by atoms with Gasteiger partial charge < -0.3 is 0 Å². The largest absolute Gasteiger partial charge is 0.126 e. The summed E-state index contributed by atoms with van der Waals surface area (Å²) in [7, 11) is 0. The highest BCUT2D eigenvalue weighted by molar-refractivity contribution is 9.10. The first-order chi connectivity index (χ1) is 7.13. The molecular weight excluding hydrogens is 336 g/mol. The molecule has 0 saturated carbocycles. The normalized spacial score (nSPS) is 13.1. The second kappa shape index (κ2) is 6.97. The number of thioether (sulfide) groups is 1. The van der Waals surface area contributed by atoms with Crippen molar-refractivity contribution in [2.24, 2.45) is 11.8 Å². The van der Waals surface area contributed by atoms with Crippen LogP contribution in [0.3, 0.4) is 0 Å². The maximum atomic E-state index is 3.58. The highest BCUT2D eigenvalue weighted by atomic mass is 79.9. The number of alkyl halides is 1. The van der Waals surface area contributed by atoms with Crippen LogP contribution in [0.5, 0.6) is 0 Å². The van der Waals surface area contributed by atoms with Crippen LogP contribution >= 0.6 is 43.6 Å². The molecule has 0 spiro atoms. The van der Waals surface area contributed by atoms with Crippen molar-refractivity contribution in [2.75, 3.05) is 11.1 Å². The van der Waals surface area contributed by atoms with Gasteiger partial charge in [-0.3, -0.25) is 0 Å². The maximum absolute atomic E-state index is 3.58. The minimum Gasteiger partial charge on any atom is -0.126 e. The lowest BCUT2D eigenvalue weighted by atomic mass is 10.0. The van der Waals surface area contributed by atoms with Gasteiger partial charge in [-0.1, -0.05) is 51.8 Å². The third-order valence-corrected chi connectivity index (χ3v) is 4.91. The zero-order valence-corrected chi connectivity index (χ0v) is 13.0. The molecule has 0 bridgehead atoms. The van der Waals surface area contributed by atoms with Gasteiger partial charge in [-0.2, -0.15) is 0 Å². The summed E-state index contributed by atoms with van der Waals surface area (Å²) in [6.07, 6.45) is 0. The Labute approximate surface area is 113 Å². The molecule has 0 aliphatic carbocycles. The molecule has 0 aromatic heterocycles. The standard InChI is InChI=1S/C12H16Br2S/c1-9(2)10(7-13)8-15-12-5-3-4-11(14)6-12/h3-6,9-10H,7-8H2,1-2H3. The first kappa shape index (κ1) is 13.6. The average molecular weight is 352 g/mol. The van der Waals surface area contributed by atoms with Gasteiger partial charge >= 0.3 is 0 Å². The molecule has 0 heterocycles. The average Bonchev–Trinajstić information content (AvgIpc) is 2.18. The Hall–Kier alpha value is 0.530. The van der Waals surface area contributed by atoms with Crippen LogP contribution in [-0.2, 0) is 0 Å². The van der Waals surface area contributed by atoms with Gasteiger partial charge in [0.25, 0.3) is 0 Å². The smallest absolute Gasteiger partial charge is 0.0186 e. The van der Waals surface area contributed by atoms with Crippen LogP contribution < -0.4 is 0 Å². The van der Waals surface area contributed by atoms with Crippen LogP contribution in [0, 0.1) is 11.8 Å². The third kappa shape index (κ3) is 4.92. The molecule has 0 aliphatic rings. The van der Waals surface area contributed by atoms with E-state index in [1.165, 1.54) is 10.6 Å². The summed E-state index contributed by atoms with van der Waals surface area (Å²) < 4.78 is 1.16. The van der Waals surface area contributed by atoms with Crippen molar-refractivity contribution in [1.29, 1.82) is 0 Å². The first-order valence-electron chi connectivity index (χ1n) is 5.07. The molecule has 0 saturated heterocycles. The molecule has 84 valence electrons. The van der Waals surface area contributed by atoms with Crippen LogP contribution in [0.15, 0.2) is 33.6 Å². The summed E-state index contributed by atoms with van der Waals surface area (Å²) in [4.78, 5) is 1.34. The minimum absolute atomic E-state index is 0.740. The van der Waals surface area contributed by atoms with Crippen molar-refractivity contribution in [3.05, 3.63) is 28.7 Å². The zero-order valence-electron chi connectivity index (χ0n) is 9.04. The van der Waals surface area contributed by atoms with Crippen LogP contribution in [-0.4, -0.2) is 11.1 Å². The van der Waals surface area contributed by atoms with Gasteiger partial charge in [0.15, 0.2) is 0 Å². The Kier molecular flexibility index (Phi) is 6.32. The molecule has 1 aromatic rings. The summed E-state index contributed by atoms with van der Waals surface area (Å²) in [6, 6.07) is 8.50. The predicted octanol–water partition coefficient (Wildman–Crippen LogP) is 5.21. The molecule has 1 unspecified atom stereocenters. The summed E-state index contributed by atoms with van der Waals surface area (Å²) in [6.45, 7) is 4.57. The van der Waals surface area contributed by atoms with Crippen LogP contribution in [0.25, 0.3) is 0 Å². The molecule has 0 amide bonds. The fraction of sp³-hybridized carbons (Fsp3) is 0.500. The molecule has 1 rings (SSSR count). The van der Waals surface area contributed by atoms with Gasteiger partial charge in [0.2, 0.25) is 0 Å². The Bertz CT molecular complexity index is 299. The van der Waals surface area contributed by atoms with Crippen molar-refractivity contribution in [3.63, 3.8) is 0 Å². The van der Waals surface area contributed by atoms with Gasteiger partial charge in [0.1, 0.15) is 0 Å². The van der Waals surface area contributed by atoms with E-state index in [1.807, 2.05) is 11.8 Å². The zero-order chi connectivity index (χ0) is 11.3. The Balaban J connectivity index is 2.49. The van der Waals surface area contributed by atoms with Crippen molar-refractivity contribution < 1.29 is 0 Å². The second-order valence-corrected chi connectivity index (χ2v) is 6.58. The number of hydrogen-bond donors (Lipinski definition) is 0. The van der Waals surface area contributed by atoms with E-state index < -0.39 is 0 Å². The number of benzene rings is 1. The van der Waals surface area contributed by atoms with Gasteiger partial charge in [-0.05, 0) is 30.0 Å². The molecule has 0 nitrogen and oxygen atoms in total. The van der Waals surface area contributed by atoms with Crippen LogP contribution in [0.4, 0.5) is 0 Å². The molecular formula is C12H16Br2S. The monoisotopic (exact) mass is 350 g/mol.